The SMILES string of the molecule is CS(=O)(=O)c1ccc(-c2ncnc3ccc(-c4cn(C(c5ccccc5)(c5ccccc5)C5C=CC=CC5)nc4-c4ccc(F)cc4)cc23)cc1. The fourth-order valence-corrected chi connectivity index (χ4v) is 7.84. The minimum absolute atomic E-state index is 0.0210. The normalized spacial score (nSPS) is 14.6. The minimum atomic E-state index is -3.35. The van der Waals surface area contributed by atoms with E-state index in [4.69, 9.17) is 5.10 Å². The van der Waals surface area contributed by atoms with Crippen molar-refractivity contribution in [2.24, 2.45) is 5.92 Å². The Balaban J connectivity index is 1.39. The van der Waals surface area contributed by atoms with Gasteiger partial charge >= 0.3 is 0 Å². The molecule has 1 aliphatic rings. The fraction of sp³-hybridized carbons (Fsp3) is 0.0930. The third kappa shape index (κ3) is 5.87. The number of fused-ring (bicyclic) bond motifs is 1. The highest BCUT2D eigenvalue weighted by molar-refractivity contribution is 7.90. The predicted molar refractivity (Wildman–Crippen MR) is 200 cm³/mol. The molecule has 250 valence electrons. The zero-order valence-electron chi connectivity index (χ0n) is 27.8. The zero-order valence-corrected chi connectivity index (χ0v) is 28.6. The molecule has 0 saturated carbocycles. The Morgan fingerprint density at radius 3 is 1.98 bits per heavy atom. The van der Waals surface area contributed by atoms with Gasteiger partial charge in [0, 0.05) is 40.4 Å². The number of halogens is 1. The van der Waals surface area contributed by atoms with Crippen molar-refractivity contribution in [1.29, 1.82) is 0 Å². The molecule has 6 nitrogen and oxygen atoms in total. The summed E-state index contributed by atoms with van der Waals surface area (Å²) in [4.78, 5) is 9.43. The number of aromatic nitrogens is 4. The molecule has 2 aromatic heterocycles. The average Bonchev–Trinajstić information content (AvgIpc) is 3.62. The lowest BCUT2D eigenvalue weighted by Gasteiger charge is -2.41. The van der Waals surface area contributed by atoms with Crippen LogP contribution >= 0.6 is 0 Å². The molecule has 5 aromatic carbocycles. The average molecular weight is 689 g/mol. The van der Waals surface area contributed by atoms with Crippen molar-refractivity contribution < 1.29 is 12.8 Å². The van der Waals surface area contributed by atoms with Crippen LogP contribution in [0.15, 0.2) is 169 Å². The molecule has 0 bridgehead atoms. The second-order valence-electron chi connectivity index (χ2n) is 12.7. The molecular formula is C43H33FN4O2S. The first-order chi connectivity index (χ1) is 24.8. The van der Waals surface area contributed by atoms with Gasteiger partial charge in [-0.1, -0.05) is 103 Å². The molecule has 0 radical (unpaired) electrons. The highest BCUT2D eigenvalue weighted by Gasteiger charge is 2.44. The van der Waals surface area contributed by atoms with Crippen LogP contribution in [-0.2, 0) is 15.4 Å². The quantitative estimate of drug-likeness (QED) is 0.159. The minimum Gasteiger partial charge on any atom is -0.256 e. The van der Waals surface area contributed by atoms with Gasteiger partial charge in [-0.3, -0.25) is 4.68 Å². The molecule has 7 aromatic rings. The molecule has 0 spiro atoms. The second-order valence-corrected chi connectivity index (χ2v) is 14.8. The van der Waals surface area contributed by atoms with Crippen LogP contribution in [0.1, 0.15) is 17.5 Å². The lowest BCUT2D eigenvalue weighted by Crippen LogP contribution is -2.43. The van der Waals surface area contributed by atoms with Crippen molar-refractivity contribution in [1.82, 2.24) is 19.7 Å². The van der Waals surface area contributed by atoms with E-state index in [0.717, 1.165) is 50.7 Å². The van der Waals surface area contributed by atoms with Gasteiger partial charge in [-0.05, 0) is 71.6 Å². The van der Waals surface area contributed by atoms with Gasteiger partial charge in [-0.25, -0.2) is 22.8 Å². The van der Waals surface area contributed by atoms with Crippen LogP contribution in [0.2, 0.25) is 0 Å². The number of benzene rings is 5. The van der Waals surface area contributed by atoms with Gasteiger partial charge in [-0.2, -0.15) is 5.10 Å². The van der Waals surface area contributed by atoms with Gasteiger partial charge in [0.15, 0.2) is 9.84 Å². The maximum absolute atomic E-state index is 14.3. The lowest BCUT2D eigenvalue weighted by atomic mass is 9.70. The third-order valence-electron chi connectivity index (χ3n) is 9.64. The van der Waals surface area contributed by atoms with Crippen molar-refractivity contribution >= 4 is 20.7 Å². The molecule has 8 heteroatoms. The topological polar surface area (TPSA) is 77.7 Å². The van der Waals surface area contributed by atoms with Crippen LogP contribution in [-0.4, -0.2) is 34.4 Å². The summed E-state index contributed by atoms with van der Waals surface area (Å²) in [6.45, 7) is 0. The molecule has 8 rings (SSSR count). The van der Waals surface area contributed by atoms with Gasteiger partial charge in [0.05, 0.1) is 16.1 Å². The maximum atomic E-state index is 14.3. The molecule has 1 unspecified atom stereocenters. The molecule has 0 amide bonds. The molecular weight excluding hydrogens is 656 g/mol. The van der Waals surface area contributed by atoms with E-state index in [2.05, 4.69) is 99.7 Å². The van der Waals surface area contributed by atoms with Crippen molar-refractivity contribution in [3.63, 3.8) is 0 Å². The third-order valence-corrected chi connectivity index (χ3v) is 10.8. The van der Waals surface area contributed by atoms with E-state index in [9.17, 15) is 12.8 Å². The maximum Gasteiger partial charge on any atom is 0.175 e. The highest BCUT2D eigenvalue weighted by Crippen LogP contribution is 2.46. The highest BCUT2D eigenvalue weighted by atomic mass is 32.2. The van der Waals surface area contributed by atoms with Crippen LogP contribution < -0.4 is 0 Å². The first-order valence-electron chi connectivity index (χ1n) is 16.7. The Bertz CT molecular complexity index is 2490. The summed E-state index contributed by atoms with van der Waals surface area (Å²) >= 11 is 0. The number of hydrogen-bond donors (Lipinski definition) is 0. The standard InChI is InChI=1S/C43H33FN4O2S/c1-51(49,50)37-24-19-30(20-25-37)41-38-27-32(21-26-40(38)45-29-46-41)39-28-48(47-42(39)31-17-22-36(44)23-18-31)43(33-11-5-2-6-12-33,34-13-7-3-8-14-34)35-15-9-4-10-16-35/h2-15,17-29,35H,16H2,1H3. The summed E-state index contributed by atoms with van der Waals surface area (Å²) in [7, 11) is -3.35. The van der Waals surface area contributed by atoms with Gasteiger partial charge in [-0.15, -0.1) is 0 Å². The molecule has 1 aliphatic carbocycles. The largest absolute Gasteiger partial charge is 0.256 e. The molecule has 0 fully saturated rings. The monoisotopic (exact) mass is 688 g/mol. The Hall–Kier alpha value is -5.99. The molecule has 1 atom stereocenters. The van der Waals surface area contributed by atoms with Gasteiger partial charge in [0.25, 0.3) is 0 Å². The van der Waals surface area contributed by atoms with Crippen LogP contribution in [0.3, 0.4) is 0 Å². The van der Waals surface area contributed by atoms with Gasteiger partial charge in [0.1, 0.15) is 23.4 Å². The van der Waals surface area contributed by atoms with E-state index in [0.29, 0.717) is 11.4 Å². The van der Waals surface area contributed by atoms with Crippen molar-refractivity contribution in [2.45, 2.75) is 16.9 Å². The van der Waals surface area contributed by atoms with E-state index in [1.54, 1.807) is 36.4 Å². The molecule has 2 heterocycles. The molecule has 0 saturated heterocycles. The van der Waals surface area contributed by atoms with Crippen LogP contribution in [0.25, 0.3) is 44.5 Å². The first-order valence-corrected chi connectivity index (χ1v) is 18.6. The van der Waals surface area contributed by atoms with Crippen LogP contribution in [0.4, 0.5) is 4.39 Å². The number of sulfone groups is 1. The van der Waals surface area contributed by atoms with E-state index in [1.165, 1.54) is 24.7 Å². The molecule has 0 N–H and O–H groups in total. The van der Waals surface area contributed by atoms with E-state index in [-0.39, 0.29) is 16.6 Å². The summed E-state index contributed by atoms with van der Waals surface area (Å²) in [6, 6.07) is 40.2. The Labute approximate surface area is 296 Å². The smallest absolute Gasteiger partial charge is 0.175 e. The molecule has 51 heavy (non-hydrogen) atoms. The Kier molecular flexibility index (Phi) is 8.24. The summed E-state index contributed by atoms with van der Waals surface area (Å²) in [5.41, 5.74) is 6.86. The number of hydrogen-bond acceptors (Lipinski definition) is 5. The van der Waals surface area contributed by atoms with E-state index in [1.807, 2.05) is 24.3 Å². The fourth-order valence-electron chi connectivity index (χ4n) is 7.21. The Morgan fingerprint density at radius 2 is 1.35 bits per heavy atom. The van der Waals surface area contributed by atoms with Gasteiger partial charge in [0.2, 0.25) is 0 Å². The number of rotatable bonds is 8. The number of nitrogens with zero attached hydrogens (tertiary/aromatic N) is 4. The Morgan fingerprint density at radius 1 is 0.725 bits per heavy atom. The summed E-state index contributed by atoms with van der Waals surface area (Å²) in [5.74, 6) is -0.302. The van der Waals surface area contributed by atoms with E-state index < -0.39 is 15.4 Å². The summed E-state index contributed by atoms with van der Waals surface area (Å²) in [5, 5.41) is 6.23. The van der Waals surface area contributed by atoms with E-state index >= 15 is 0 Å². The summed E-state index contributed by atoms with van der Waals surface area (Å²) in [6.07, 6.45) is 14.3. The number of allylic oxidation sites excluding steroid dienone is 4. The summed E-state index contributed by atoms with van der Waals surface area (Å²) < 4.78 is 40.7. The van der Waals surface area contributed by atoms with Crippen LogP contribution in [0.5, 0.6) is 0 Å². The lowest BCUT2D eigenvalue weighted by molar-refractivity contribution is 0.293. The van der Waals surface area contributed by atoms with Crippen molar-refractivity contribution in [3.8, 4) is 33.6 Å². The van der Waals surface area contributed by atoms with Gasteiger partial charge < -0.3 is 0 Å². The second kappa shape index (κ2) is 13.0. The van der Waals surface area contributed by atoms with Crippen molar-refractivity contribution in [2.75, 3.05) is 6.26 Å². The zero-order chi connectivity index (χ0) is 35.0. The predicted octanol–water partition coefficient (Wildman–Crippen LogP) is 9.29. The first kappa shape index (κ1) is 32.2. The van der Waals surface area contributed by atoms with Crippen LogP contribution in [0, 0.1) is 11.7 Å². The van der Waals surface area contributed by atoms with Crippen molar-refractivity contribution in [3.05, 3.63) is 181 Å². The molecule has 0 aliphatic heterocycles.